The van der Waals surface area contributed by atoms with Gasteiger partial charge in [0.15, 0.2) is 5.82 Å². The zero-order chi connectivity index (χ0) is 13.8. The molecule has 0 spiro atoms. The maximum Gasteiger partial charge on any atom is 0.202 e. The van der Waals surface area contributed by atoms with Crippen LogP contribution in [0.25, 0.3) is 0 Å². The summed E-state index contributed by atoms with van der Waals surface area (Å²) < 4.78 is 1.84. The number of rotatable bonds is 5. The largest absolute Gasteiger partial charge is 0.329 e. The van der Waals surface area contributed by atoms with Gasteiger partial charge in [-0.15, -0.1) is 0 Å². The molecule has 2 N–H and O–H groups in total. The Balaban J connectivity index is 2.20. The molecule has 0 aliphatic carbocycles. The number of benzene rings is 1. The maximum atomic E-state index is 12.4. The fourth-order valence-electron chi connectivity index (χ4n) is 2.12. The molecule has 100 valence electrons. The number of carbonyl (C=O) groups excluding carboxylic acids is 1. The van der Waals surface area contributed by atoms with E-state index < -0.39 is 0 Å². The molecule has 0 aliphatic rings. The van der Waals surface area contributed by atoms with Crippen molar-refractivity contribution < 1.29 is 4.79 Å². The minimum Gasteiger partial charge on any atom is -0.329 e. The van der Waals surface area contributed by atoms with E-state index in [1.54, 1.807) is 6.20 Å². The summed E-state index contributed by atoms with van der Waals surface area (Å²) in [6, 6.07) is 9.38. The summed E-state index contributed by atoms with van der Waals surface area (Å²) in [5.74, 6) is 0.180. The number of aromatic nitrogens is 2. The van der Waals surface area contributed by atoms with E-state index in [4.69, 9.17) is 5.73 Å². The molecule has 0 bridgehead atoms. The number of aryl methyl sites for hydroxylation is 1. The van der Waals surface area contributed by atoms with Crippen LogP contribution in [-0.2, 0) is 6.54 Å². The molecule has 0 aliphatic heterocycles. The molecule has 2 unspecified atom stereocenters. The Labute approximate surface area is 113 Å². The average Bonchev–Trinajstić information content (AvgIpc) is 2.94. The van der Waals surface area contributed by atoms with Gasteiger partial charge in [-0.25, -0.2) is 4.98 Å². The minimum absolute atomic E-state index is 0.0109. The highest BCUT2D eigenvalue weighted by Gasteiger charge is 2.26. The van der Waals surface area contributed by atoms with E-state index in [-0.39, 0.29) is 17.7 Å². The van der Waals surface area contributed by atoms with Crippen LogP contribution in [0.5, 0.6) is 0 Å². The van der Waals surface area contributed by atoms with E-state index in [1.807, 2.05) is 54.9 Å². The van der Waals surface area contributed by atoms with E-state index in [0.29, 0.717) is 5.82 Å². The Kier molecular flexibility index (Phi) is 4.12. The van der Waals surface area contributed by atoms with Crippen molar-refractivity contribution in [3.63, 3.8) is 0 Å². The number of nitrogens with two attached hydrogens (primary N) is 1. The SMILES string of the molecule is CCn1ccnc1C(=O)C(C)C(N)c1ccccc1. The summed E-state index contributed by atoms with van der Waals surface area (Å²) in [7, 11) is 0. The highest BCUT2D eigenvalue weighted by molar-refractivity contribution is 5.95. The number of Topliss-reactive ketones (excluding diaryl/α,β-unsaturated/α-hetero) is 1. The van der Waals surface area contributed by atoms with Gasteiger partial charge < -0.3 is 10.3 Å². The number of imidazole rings is 1. The van der Waals surface area contributed by atoms with Gasteiger partial charge in [0.25, 0.3) is 0 Å². The second kappa shape index (κ2) is 5.80. The fraction of sp³-hybridized carbons (Fsp3) is 0.333. The summed E-state index contributed by atoms with van der Waals surface area (Å²) in [5, 5.41) is 0. The lowest BCUT2D eigenvalue weighted by Gasteiger charge is -2.19. The predicted octanol–water partition coefficient (Wildman–Crippen LogP) is 2.42. The van der Waals surface area contributed by atoms with Crippen molar-refractivity contribution in [3.05, 3.63) is 54.1 Å². The van der Waals surface area contributed by atoms with E-state index in [9.17, 15) is 4.79 Å². The monoisotopic (exact) mass is 257 g/mol. The number of hydrogen-bond acceptors (Lipinski definition) is 3. The predicted molar refractivity (Wildman–Crippen MR) is 74.8 cm³/mol. The quantitative estimate of drug-likeness (QED) is 0.837. The molecule has 0 amide bonds. The topological polar surface area (TPSA) is 60.9 Å². The molecule has 4 nitrogen and oxygen atoms in total. The Morgan fingerprint density at radius 1 is 1.37 bits per heavy atom. The van der Waals surface area contributed by atoms with Gasteiger partial charge in [0.1, 0.15) is 0 Å². The van der Waals surface area contributed by atoms with Crippen LogP contribution in [0, 0.1) is 5.92 Å². The molecule has 2 rings (SSSR count). The number of carbonyl (C=O) groups is 1. The Morgan fingerprint density at radius 3 is 2.68 bits per heavy atom. The highest BCUT2D eigenvalue weighted by Crippen LogP contribution is 2.22. The number of hydrogen-bond donors (Lipinski definition) is 1. The lowest BCUT2D eigenvalue weighted by atomic mass is 9.91. The fourth-order valence-corrected chi connectivity index (χ4v) is 2.12. The molecule has 2 aromatic rings. The van der Waals surface area contributed by atoms with Crippen molar-refractivity contribution >= 4 is 5.78 Å². The van der Waals surface area contributed by atoms with Gasteiger partial charge in [0, 0.05) is 30.9 Å². The number of nitrogens with zero attached hydrogens (tertiary/aromatic N) is 2. The third-order valence-electron chi connectivity index (χ3n) is 3.41. The normalized spacial score (nSPS) is 14.1. The molecular formula is C15H19N3O. The maximum absolute atomic E-state index is 12.4. The summed E-state index contributed by atoms with van der Waals surface area (Å²) in [5.41, 5.74) is 7.15. The lowest BCUT2D eigenvalue weighted by Crippen LogP contribution is -2.28. The molecule has 0 radical (unpaired) electrons. The summed E-state index contributed by atoms with van der Waals surface area (Å²) in [4.78, 5) is 16.6. The van der Waals surface area contributed by atoms with Gasteiger partial charge in [0.05, 0.1) is 0 Å². The molecule has 1 heterocycles. The Bertz CT molecular complexity index is 548. The van der Waals surface area contributed by atoms with Crippen molar-refractivity contribution in [3.8, 4) is 0 Å². The minimum atomic E-state index is -0.310. The van der Waals surface area contributed by atoms with Gasteiger partial charge in [-0.05, 0) is 12.5 Å². The summed E-state index contributed by atoms with van der Waals surface area (Å²) in [6.45, 7) is 4.57. The van der Waals surface area contributed by atoms with Crippen LogP contribution in [0.2, 0.25) is 0 Å². The van der Waals surface area contributed by atoms with Crippen LogP contribution in [0.3, 0.4) is 0 Å². The van der Waals surface area contributed by atoms with Crippen molar-refractivity contribution in [2.75, 3.05) is 0 Å². The first-order valence-corrected chi connectivity index (χ1v) is 6.51. The summed E-state index contributed by atoms with van der Waals surface area (Å²) >= 11 is 0. The second-order valence-electron chi connectivity index (χ2n) is 4.63. The van der Waals surface area contributed by atoms with Crippen molar-refractivity contribution in [2.45, 2.75) is 26.4 Å². The van der Waals surface area contributed by atoms with Gasteiger partial charge >= 0.3 is 0 Å². The van der Waals surface area contributed by atoms with Crippen LogP contribution in [0.4, 0.5) is 0 Å². The van der Waals surface area contributed by atoms with E-state index in [0.717, 1.165) is 12.1 Å². The van der Waals surface area contributed by atoms with E-state index in [1.165, 1.54) is 0 Å². The molecule has 1 aromatic heterocycles. The van der Waals surface area contributed by atoms with Gasteiger partial charge in [-0.1, -0.05) is 37.3 Å². The van der Waals surface area contributed by atoms with Gasteiger partial charge in [-0.2, -0.15) is 0 Å². The van der Waals surface area contributed by atoms with Crippen LogP contribution < -0.4 is 5.73 Å². The average molecular weight is 257 g/mol. The van der Waals surface area contributed by atoms with Gasteiger partial charge in [-0.3, -0.25) is 4.79 Å². The first-order valence-electron chi connectivity index (χ1n) is 6.51. The Morgan fingerprint density at radius 2 is 2.05 bits per heavy atom. The molecular weight excluding hydrogens is 238 g/mol. The zero-order valence-corrected chi connectivity index (χ0v) is 11.3. The molecule has 4 heteroatoms. The Hall–Kier alpha value is -1.94. The first-order chi connectivity index (χ1) is 9.15. The standard InChI is InChI=1S/C15H19N3O/c1-3-18-10-9-17-15(18)14(19)11(2)13(16)12-7-5-4-6-8-12/h4-11,13H,3,16H2,1-2H3. The summed E-state index contributed by atoms with van der Waals surface area (Å²) in [6.07, 6.45) is 3.46. The van der Waals surface area contributed by atoms with Crippen LogP contribution in [0.1, 0.15) is 36.1 Å². The van der Waals surface area contributed by atoms with Crippen LogP contribution in [0.15, 0.2) is 42.7 Å². The van der Waals surface area contributed by atoms with Crippen molar-refractivity contribution in [2.24, 2.45) is 11.7 Å². The zero-order valence-electron chi connectivity index (χ0n) is 11.3. The first kappa shape index (κ1) is 13.5. The molecule has 0 saturated carbocycles. The van der Waals surface area contributed by atoms with Crippen molar-refractivity contribution in [1.29, 1.82) is 0 Å². The second-order valence-corrected chi connectivity index (χ2v) is 4.63. The van der Waals surface area contributed by atoms with Gasteiger partial charge in [0.2, 0.25) is 5.78 Å². The highest BCUT2D eigenvalue weighted by atomic mass is 16.1. The van der Waals surface area contributed by atoms with E-state index in [2.05, 4.69) is 4.98 Å². The molecule has 2 atom stereocenters. The molecule has 0 fully saturated rings. The van der Waals surface area contributed by atoms with E-state index >= 15 is 0 Å². The molecule has 19 heavy (non-hydrogen) atoms. The third kappa shape index (κ3) is 2.74. The third-order valence-corrected chi connectivity index (χ3v) is 3.41. The molecule has 1 aromatic carbocycles. The van der Waals surface area contributed by atoms with Crippen LogP contribution in [-0.4, -0.2) is 15.3 Å². The lowest BCUT2D eigenvalue weighted by molar-refractivity contribution is 0.0897. The van der Waals surface area contributed by atoms with Crippen molar-refractivity contribution in [1.82, 2.24) is 9.55 Å². The van der Waals surface area contributed by atoms with Crippen LogP contribution >= 0.6 is 0 Å². The number of ketones is 1. The molecule has 0 saturated heterocycles. The smallest absolute Gasteiger partial charge is 0.202 e.